The van der Waals surface area contributed by atoms with Gasteiger partial charge in [-0.25, -0.2) is 9.78 Å². The molecule has 8 nitrogen and oxygen atoms in total. The van der Waals surface area contributed by atoms with E-state index in [0.717, 1.165) is 18.4 Å². The minimum absolute atomic E-state index is 0.112. The summed E-state index contributed by atoms with van der Waals surface area (Å²) in [5.41, 5.74) is 1.28. The van der Waals surface area contributed by atoms with E-state index in [4.69, 9.17) is 21.6 Å². The van der Waals surface area contributed by atoms with Gasteiger partial charge in [-0.2, -0.15) is 18.4 Å². The first-order valence-electron chi connectivity index (χ1n) is 13.1. The molecule has 2 amide bonds. The Morgan fingerprint density at radius 2 is 1.93 bits per heavy atom. The van der Waals surface area contributed by atoms with Crippen LogP contribution in [0.4, 0.5) is 23.8 Å². The summed E-state index contributed by atoms with van der Waals surface area (Å²) in [6, 6.07) is 11.6. The highest BCUT2D eigenvalue weighted by Gasteiger charge is 2.44. The van der Waals surface area contributed by atoms with Crippen molar-refractivity contribution < 1.29 is 27.5 Å². The normalized spacial score (nSPS) is 22.0. The lowest BCUT2D eigenvalue weighted by Gasteiger charge is -2.37. The van der Waals surface area contributed by atoms with Gasteiger partial charge in [0.15, 0.2) is 0 Å². The number of nitriles is 1. The first kappa shape index (κ1) is 29.5. The second kappa shape index (κ2) is 12.3. The molecule has 4 atom stereocenters. The van der Waals surface area contributed by atoms with Gasteiger partial charge in [0.25, 0.3) is 0 Å². The number of alkyl halides is 3. The van der Waals surface area contributed by atoms with Crippen LogP contribution in [-0.4, -0.2) is 77.8 Å². The fraction of sp³-hybridized carbons (Fsp3) is 0.500. The van der Waals surface area contributed by atoms with Crippen LogP contribution in [0.25, 0.3) is 0 Å². The monoisotopic (exact) mass is 577 g/mol. The highest BCUT2D eigenvalue weighted by atomic mass is 35.5. The standard InChI is InChI=1S/C28H31ClF3N5O3/c1-18(13-28(30,31)32)40-27(39)35(2)24-17-36(16-22(24)20-7-9-21(29)10-8-20)26(38)23-5-3-4-12-37(23)25-11-6-19(14-33)15-34-25/h6-11,15,18,22-24H,3-5,12-13,16-17H2,1-2H3/t18?,22-,23?,24+/m0/s1. The summed E-state index contributed by atoms with van der Waals surface area (Å²) in [6.45, 7) is 2.34. The average molecular weight is 578 g/mol. The Morgan fingerprint density at radius 3 is 2.55 bits per heavy atom. The molecule has 12 heteroatoms. The lowest BCUT2D eigenvalue weighted by atomic mass is 9.93. The number of benzene rings is 1. The van der Waals surface area contributed by atoms with Gasteiger partial charge in [0, 0.05) is 43.8 Å². The van der Waals surface area contributed by atoms with Crippen molar-refractivity contribution in [3.8, 4) is 6.07 Å². The third-order valence-electron chi connectivity index (χ3n) is 7.46. The summed E-state index contributed by atoms with van der Waals surface area (Å²) in [5.74, 6) is 0.197. The van der Waals surface area contributed by atoms with Gasteiger partial charge in [-0.15, -0.1) is 0 Å². The SMILES string of the molecule is CC(CC(F)(F)F)OC(=O)N(C)[C@@H]1CN(C(=O)C2CCCCN2c2ccc(C#N)cn2)C[C@H]1c1ccc(Cl)cc1. The number of piperidine rings is 1. The molecule has 40 heavy (non-hydrogen) atoms. The molecule has 0 saturated carbocycles. The quantitative estimate of drug-likeness (QED) is 0.459. The van der Waals surface area contributed by atoms with Crippen LogP contribution in [0.15, 0.2) is 42.6 Å². The van der Waals surface area contributed by atoms with Crippen molar-refractivity contribution in [1.82, 2.24) is 14.8 Å². The van der Waals surface area contributed by atoms with Crippen molar-refractivity contribution in [1.29, 1.82) is 5.26 Å². The summed E-state index contributed by atoms with van der Waals surface area (Å²) in [7, 11) is 1.48. The molecule has 2 fully saturated rings. The van der Waals surface area contributed by atoms with Gasteiger partial charge in [0.05, 0.1) is 18.0 Å². The Kier molecular flexibility index (Phi) is 9.08. The minimum Gasteiger partial charge on any atom is -0.446 e. The number of pyridine rings is 1. The Labute approximate surface area is 236 Å². The number of halogens is 4. The van der Waals surface area contributed by atoms with Crippen molar-refractivity contribution in [3.63, 3.8) is 0 Å². The van der Waals surface area contributed by atoms with Crippen molar-refractivity contribution in [2.24, 2.45) is 0 Å². The molecular weight excluding hydrogens is 547 g/mol. The summed E-state index contributed by atoms with van der Waals surface area (Å²) in [4.78, 5) is 36.2. The number of rotatable bonds is 6. The fourth-order valence-corrected chi connectivity index (χ4v) is 5.58. The molecule has 2 unspecified atom stereocenters. The molecule has 0 N–H and O–H groups in total. The maximum Gasteiger partial charge on any atom is 0.410 e. The van der Waals surface area contributed by atoms with Crippen LogP contribution < -0.4 is 4.90 Å². The average Bonchev–Trinajstić information content (AvgIpc) is 3.37. The van der Waals surface area contributed by atoms with Crippen molar-refractivity contribution >= 4 is 29.4 Å². The van der Waals surface area contributed by atoms with Crippen LogP contribution in [0.2, 0.25) is 5.02 Å². The fourth-order valence-electron chi connectivity index (χ4n) is 5.45. The van der Waals surface area contributed by atoms with Crippen LogP contribution in [0, 0.1) is 11.3 Å². The predicted molar refractivity (Wildman–Crippen MR) is 143 cm³/mol. The molecule has 0 spiro atoms. The number of anilines is 1. The highest BCUT2D eigenvalue weighted by molar-refractivity contribution is 6.30. The molecule has 1 aromatic carbocycles. The van der Waals surface area contributed by atoms with Crippen molar-refractivity contribution in [2.45, 2.75) is 62.9 Å². The zero-order chi connectivity index (χ0) is 29.0. The van der Waals surface area contributed by atoms with Gasteiger partial charge in [-0.3, -0.25) is 4.79 Å². The third kappa shape index (κ3) is 6.97. The van der Waals surface area contributed by atoms with Gasteiger partial charge < -0.3 is 19.4 Å². The van der Waals surface area contributed by atoms with E-state index >= 15 is 0 Å². The van der Waals surface area contributed by atoms with Gasteiger partial charge in [0.2, 0.25) is 5.91 Å². The van der Waals surface area contributed by atoms with E-state index in [1.165, 1.54) is 25.1 Å². The largest absolute Gasteiger partial charge is 0.446 e. The molecule has 3 heterocycles. The van der Waals surface area contributed by atoms with E-state index in [9.17, 15) is 22.8 Å². The zero-order valence-electron chi connectivity index (χ0n) is 22.3. The van der Waals surface area contributed by atoms with Gasteiger partial charge in [0.1, 0.15) is 24.0 Å². The van der Waals surface area contributed by atoms with Crippen LogP contribution >= 0.6 is 11.6 Å². The van der Waals surface area contributed by atoms with E-state index in [-0.39, 0.29) is 18.4 Å². The maximum absolute atomic E-state index is 13.9. The van der Waals surface area contributed by atoms with E-state index in [1.54, 1.807) is 29.2 Å². The van der Waals surface area contributed by atoms with E-state index in [2.05, 4.69) is 4.98 Å². The van der Waals surface area contributed by atoms with Crippen molar-refractivity contribution in [3.05, 3.63) is 58.7 Å². The highest BCUT2D eigenvalue weighted by Crippen LogP contribution is 2.34. The molecule has 2 aromatic rings. The first-order chi connectivity index (χ1) is 19.0. The number of aromatic nitrogens is 1. The van der Waals surface area contributed by atoms with Gasteiger partial charge >= 0.3 is 12.3 Å². The summed E-state index contributed by atoms with van der Waals surface area (Å²) in [5, 5.41) is 9.64. The number of likely N-dealkylation sites (N-methyl/N-ethyl adjacent to an activating group) is 1. The van der Waals surface area contributed by atoms with Crippen LogP contribution in [0.5, 0.6) is 0 Å². The topological polar surface area (TPSA) is 89.8 Å². The lowest BCUT2D eigenvalue weighted by Crippen LogP contribution is -2.51. The number of nitrogens with zero attached hydrogens (tertiary/aromatic N) is 5. The van der Waals surface area contributed by atoms with Gasteiger partial charge in [-0.1, -0.05) is 23.7 Å². The molecule has 1 aromatic heterocycles. The second-order valence-electron chi connectivity index (χ2n) is 10.3. The molecule has 2 aliphatic rings. The summed E-state index contributed by atoms with van der Waals surface area (Å²) >= 11 is 6.08. The molecule has 4 rings (SSSR count). The molecular formula is C28H31ClF3N5O3. The minimum atomic E-state index is -4.46. The van der Waals surface area contributed by atoms with Crippen LogP contribution in [-0.2, 0) is 9.53 Å². The smallest absolute Gasteiger partial charge is 0.410 e. The Hall–Kier alpha value is -3.52. The second-order valence-corrected chi connectivity index (χ2v) is 10.8. The van der Waals surface area contributed by atoms with E-state index in [0.29, 0.717) is 35.9 Å². The zero-order valence-corrected chi connectivity index (χ0v) is 23.0. The number of carbonyl (C=O) groups excluding carboxylic acids is 2. The number of amides is 2. The summed E-state index contributed by atoms with van der Waals surface area (Å²) in [6.07, 6.45) is -4.07. The molecule has 214 valence electrons. The molecule has 0 aliphatic carbocycles. The predicted octanol–water partition coefficient (Wildman–Crippen LogP) is 5.37. The number of ether oxygens (including phenoxy) is 1. The number of likely N-dealkylation sites (tertiary alicyclic amines) is 1. The lowest BCUT2D eigenvalue weighted by molar-refractivity contribution is -0.152. The van der Waals surface area contributed by atoms with Gasteiger partial charge in [-0.05, 0) is 56.0 Å². The Morgan fingerprint density at radius 1 is 1.20 bits per heavy atom. The molecule has 0 radical (unpaired) electrons. The first-order valence-corrected chi connectivity index (χ1v) is 13.5. The molecule has 2 aliphatic heterocycles. The van der Waals surface area contributed by atoms with Crippen LogP contribution in [0.3, 0.4) is 0 Å². The Bertz CT molecular complexity index is 1240. The van der Waals surface area contributed by atoms with E-state index < -0.39 is 36.9 Å². The number of hydrogen-bond acceptors (Lipinski definition) is 6. The Balaban J connectivity index is 1.55. The molecule has 2 saturated heterocycles. The summed E-state index contributed by atoms with van der Waals surface area (Å²) < 4.78 is 43.5. The molecule has 0 bridgehead atoms. The van der Waals surface area contributed by atoms with Crippen molar-refractivity contribution in [2.75, 3.05) is 31.6 Å². The number of hydrogen-bond donors (Lipinski definition) is 0. The third-order valence-corrected chi connectivity index (χ3v) is 7.72. The maximum atomic E-state index is 13.9. The van der Waals surface area contributed by atoms with E-state index in [1.807, 2.05) is 23.1 Å². The van der Waals surface area contributed by atoms with Crippen LogP contribution in [0.1, 0.15) is 49.7 Å². The number of carbonyl (C=O) groups is 2.